The Kier molecular flexibility index (Phi) is 14.2. The third-order valence-corrected chi connectivity index (χ3v) is 11.3. The number of fused-ring (bicyclic) bond motifs is 4. The van der Waals surface area contributed by atoms with Gasteiger partial charge in [-0.05, 0) is 113 Å². The van der Waals surface area contributed by atoms with E-state index in [1.54, 1.807) is 18.2 Å². The summed E-state index contributed by atoms with van der Waals surface area (Å²) in [6.45, 7) is 21.6. The van der Waals surface area contributed by atoms with E-state index in [4.69, 9.17) is 9.47 Å². The number of hydrogen-bond donors (Lipinski definition) is 4. The summed E-state index contributed by atoms with van der Waals surface area (Å²) in [5.74, 6) is 5.84. The van der Waals surface area contributed by atoms with Crippen LogP contribution in [-0.4, -0.2) is 20.4 Å². The molecule has 2 aliphatic heterocycles. The minimum atomic E-state index is 0.258. The van der Waals surface area contributed by atoms with Crippen LogP contribution in [0.3, 0.4) is 0 Å². The molecule has 4 aromatic carbocycles. The number of hydrogen-bond acceptors (Lipinski definition) is 6. The van der Waals surface area contributed by atoms with Crippen molar-refractivity contribution in [3.8, 4) is 46.0 Å². The molecule has 53 heavy (non-hydrogen) atoms. The van der Waals surface area contributed by atoms with Gasteiger partial charge in [-0.3, -0.25) is 0 Å². The third kappa shape index (κ3) is 8.12. The first kappa shape index (κ1) is 41.4. The van der Waals surface area contributed by atoms with E-state index in [-0.39, 0.29) is 29.1 Å². The number of rotatable bonds is 2. The molecule has 4 aliphatic rings. The van der Waals surface area contributed by atoms with Crippen LogP contribution in [0, 0.1) is 46.5 Å². The van der Waals surface area contributed by atoms with Crippen molar-refractivity contribution in [3.05, 3.63) is 92.5 Å². The molecule has 0 bridgehead atoms. The Bertz CT molecular complexity index is 1860. The predicted molar refractivity (Wildman–Crippen MR) is 218 cm³/mol. The molecular formula is C47H64O6. The lowest BCUT2D eigenvalue weighted by Crippen LogP contribution is -2.18. The van der Waals surface area contributed by atoms with E-state index in [0.29, 0.717) is 17.6 Å². The smallest absolute Gasteiger partial charge is 0.137 e. The van der Waals surface area contributed by atoms with Crippen molar-refractivity contribution in [2.24, 2.45) is 11.8 Å². The van der Waals surface area contributed by atoms with Crippen molar-refractivity contribution in [1.29, 1.82) is 0 Å². The average Bonchev–Trinajstić information content (AvgIpc) is 3.91. The maximum atomic E-state index is 10.3. The van der Waals surface area contributed by atoms with Gasteiger partial charge >= 0.3 is 0 Å². The summed E-state index contributed by atoms with van der Waals surface area (Å²) in [6, 6.07) is 13.5. The minimum absolute atomic E-state index is 0.258. The molecule has 2 saturated carbocycles. The van der Waals surface area contributed by atoms with Crippen LogP contribution in [0.4, 0.5) is 0 Å². The van der Waals surface area contributed by atoms with Gasteiger partial charge in [-0.1, -0.05) is 73.3 Å². The summed E-state index contributed by atoms with van der Waals surface area (Å²) in [4.78, 5) is 0. The normalized spacial score (nSPS) is 17.9. The lowest BCUT2D eigenvalue weighted by Gasteiger charge is -2.34. The lowest BCUT2D eigenvalue weighted by atomic mass is 9.76. The predicted octanol–water partition coefficient (Wildman–Crippen LogP) is 13.7. The zero-order valence-corrected chi connectivity index (χ0v) is 34.1. The zero-order valence-electron chi connectivity index (χ0n) is 34.1. The first-order chi connectivity index (χ1) is 25.5. The van der Waals surface area contributed by atoms with Gasteiger partial charge in [-0.2, -0.15) is 0 Å². The molecule has 0 saturated heterocycles. The number of aromatic hydroxyl groups is 4. The Hall–Kier alpha value is -4.32. The average molecular weight is 725 g/mol. The molecule has 2 atom stereocenters. The molecule has 2 unspecified atom stereocenters. The van der Waals surface area contributed by atoms with Crippen molar-refractivity contribution >= 4 is 0 Å². The highest BCUT2D eigenvalue weighted by Gasteiger charge is 2.38. The highest BCUT2D eigenvalue weighted by Crippen LogP contribution is 2.56. The third-order valence-electron chi connectivity index (χ3n) is 11.3. The van der Waals surface area contributed by atoms with E-state index >= 15 is 0 Å². The van der Waals surface area contributed by atoms with Crippen LogP contribution < -0.4 is 9.47 Å². The van der Waals surface area contributed by atoms with Gasteiger partial charge in [0.2, 0.25) is 0 Å². The molecule has 2 heterocycles. The summed E-state index contributed by atoms with van der Waals surface area (Å²) in [6.07, 6.45) is 10.0. The standard InChI is InChI=1S/C21H24O3.C20H22O3.3C2H6/c1-11-8-15-18(10-17(11)22)24-21-13(3)20(23)12(2)9-16(21)19(15)14-6-4-5-7-14;1-11-9-15-18(10-17(11)22)23-20-12(2)16(21)8-7-14(20)19(15)13-5-3-4-6-13;3*1-2/h8-10,14,19,22-23H,4-7H2,1-3H3;7-10,13,19,21-22H,3-6H2,1-2H3;3*1-2H3. The Balaban J connectivity index is 0.000000208. The van der Waals surface area contributed by atoms with Crippen molar-refractivity contribution in [1.82, 2.24) is 0 Å². The number of ether oxygens (including phenoxy) is 2. The molecule has 288 valence electrons. The second-order valence-corrected chi connectivity index (χ2v) is 14.3. The van der Waals surface area contributed by atoms with Crippen LogP contribution in [0.2, 0.25) is 0 Å². The fourth-order valence-corrected chi connectivity index (χ4v) is 8.65. The van der Waals surface area contributed by atoms with E-state index in [9.17, 15) is 20.4 Å². The van der Waals surface area contributed by atoms with Crippen molar-refractivity contribution in [2.75, 3.05) is 0 Å². The van der Waals surface area contributed by atoms with Gasteiger partial charge in [0.05, 0.1) is 0 Å². The summed E-state index contributed by atoms with van der Waals surface area (Å²) in [5, 5.41) is 40.6. The second-order valence-electron chi connectivity index (χ2n) is 14.3. The summed E-state index contributed by atoms with van der Waals surface area (Å²) in [7, 11) is 0. The molecule has 0 radical (unpaired) electrons. The summed E-state index contributed by atoms with van der Waals surface area (Å²) in [5.41, 5.74) is 8.94. The Morgan fingerprint density at radius 3 is 1.30 bits per heavy atom. The van der Waals surface area contributed by atoms with Crippen molar-refractivity contribution < 1.29 is 29.9 Å². The fraction of sp³-hybridized carbons (Fsp3) is 0.489. The minimum Gasteiger partial charge on any atom is -0.508 e. The Morgan fingerprint density at radius 2 is 0.849 bits per heavy atom. The van der Waals surface area contributed by atoms with Crippen LogP contribution in [0.1, 0.15) is 155 Å². The van der Waals surface area contributed by atoms with Crippen LogP contribution in [0.25, 0.3) is 0 Å². The Morgan fingerprint density at radius 1 is 0.453 bits per heavy atom. The largest absolute Gasteiger partial charge is 0.508 e. The molecular weight excluding hydrogens is 661 g/mol. The maximum absolute atomic E-state index is 10.3. The SMILES string of the molecule is CC.CC.CC.Cc1cc2c(cc1O)Oc1c(cc(C)c(O)c1C)C2C1CCCC1.Cc1cc2c(cc1O)Oc1c(ccc(O)c1C)C2C1CCCC1. The van der Waals surface area contributed by atoms with E-state index in [2.05, 4.69) is 18.2 Å². The molecule has 6 nitrogen and oxygen atoms in total. The van der Waals surface area contributed by atoms with E-state index in [1.807, 2.05) is 82.2 Å². The number of phenolic OH excluding ortho intramolecular Hbond substituents is 4. The van der Waals surface area contributed by atoms with Gasteiger partial charge in [0, 0.05) is 57.3 Å². The second kappa shape index (κ2) is 18.1. The number of phenols is 4. The van der Waals surface area contributed by atoms with Crippen LogP contribution >= 0.6 is 0 Å². The van der Waals surface area contributed by atoms with Crippen LogP contribution in [-0.2, 0) is 0 Å². The van der Waals surface area contributed by atoms with Gasteiger partial charge in [-0.15, -0.1) is 0 Å². The molecule has 8 rings (SSSR count). The van der Waals surface area contributed by atoms with Crippen molar-refractivity contribution in [3.63, 3.8) is 0 Å². The Labute approximate surface area is 318 Å². The van der Waals surface area contributed by atoms with E-state index in [0.717, 1.165) is 50.8 Å². The first-order valence-corrected chi connectivity index (χ1v) is 20.2. The van der Waals surface area contributed by atoms with E-state index < -0.39 is 0 Å². The van der Waals surface area contributed by atoms with Crippen molar-refractivity contribution in [2.45, 2.75) is 139 Å². The molecule has 0 spiro atoms. The van der Waals surface area contributed by atoms with Gasteiger partial charge in [0.1, 0.15) is 46.0 Å². The van der Waals surface area contributed by atoms with Gasteiger partial charge < -0.3 is 29.9 Å². The lowest BCUT2D eigenvalue weighted by molar-refractivity contribution is 0.384. The summed E-state index contributed by atoms with van der Waals surface area (Å²) < 4.78 is 12.2. The first-order valence-electron chi connectivity index (χ1n) is 20.2. The maximum Gasteiger partial charge on any atom is 0.137 e. The molecule has 2 fully saturated rings. The monoisotopic (exact) mass is 724 g/mol. The van der Waals surface area contributed by atoms with Crippen LogP contribution in [0.15, 0.2) is 42.5 Å². The molecule has 4 N–H and O–H groups in total. The van der Waals surface area contributed by atoms with Gasteiger partial charge in [-0.25, -0.2) is 0 Å². The topological polar surface area (TPSA) is 99.4 Å². The number of aryl methyl sites for hydroxylation is 3. The molecule has 0 aromatic heterocycles. The molecule has 0 amide bonds. The fourth-order valence-electron chi connectivity index (χ4n) is 8.65. The van der Waals surface area contributed by atoms with Crippen LogP contribution in [0.5, 0.6) is 46.0 Å². The zero-order chi connectivity index (χ0) is 39.1. The van der Waals surface area contributed by atoms with E-state index in [1.165, 1.54) is 73.6 Å². The molecule has 2 aliphatic carbocycles. The molecule has 6 heteroatoms. The van der Waals surface area contributed by atoms with Gasteiger partial charge in [0.15, 0.2) is 0 Å². The highest BCUT2D eigenvalue weighted by molar-refractivity contribution is 5.64. The highest BCUT2D eigenvalue weighted by atomic mass is 16.5. The van der Waals surface area contributed by atoms with Gasteiger partial charge in [0.25, 0.3) is 0 Å². The summed E-state index contributed by atoms with van der Waals surface area (Å²) >= 11 is 0. The quantitative estimate of drug-likeness (QED) is 0.164. The molecule has 4 aromatic rings. The number of benzene rings is 4.